The molecule has 39 heavy (non-hydrogen) atoms. The summed E-state index contributed by atoms with van der Waals surface area (Å²) < 4.78 is 6.53. The summed E-state index contributed by atoms with van der Waals surface area (Å²) in [5, 5.41) is 14.9. The molecule has 0 spiro atoms. The van der Waals surface area contributed by atoms with Crippen molar-refractivity contribution in [2.75, 3.05) is 5.32 Å². The van der Waals surface area contributed by atoms with E-state index in [1.165, 1.54) is 5.56 Å². The highest BCUT2D eigenvalue weighted by atomic mass is 16.3. The van der Waals surface area contributed by atoms with Gasteiger partial charge in [0.05, 0.1) is 16.9 Å². The first-order valence-corrected chi connectivity index (χ1v) is 14.0. The van der Waals surface area contributed by atoms with Crippen LogP contribution in [0, 0.1) is 0 Å². The molecule has 0 radical (unpaired) electrons. The van der Waals surface area contributed by atoms with Crippen LogP contribution in [0.5, 0.6) is 5.75 Å². The molecular formula is C35H46N2O2. The first-order valence-electron chi connectivity index (χ1n) is 14.0. The fourth-order valence-corrected chi connectivity index (χ4v) is 4.80. The number of phenols is 1. The minimum Gasteiger partial charge on any atom is -0.505 e. The number of aromatic nitrogens is 1. The summed E-state index contributed by atoms with van der Waals surface area (Å²) in [6.07, 6.45) is 0. The molecule has 0 aliphatic rings. The monoisotopic (exact) mass is 526 g/mol. The van der Waals surface area contributed by atoms with Gasteiger partial charge in [-0.15, -0.1) is 0 Å². The zero-order chi connectivity index (χ0) is 29.1. The van der Waals surface area contributed by atoms with Crippen molar-refractivity contribution in [3.63, 3.8) is 0 Å². The van der Waals surface area contributed by atoms with Gasteiger partial charge >= 0.3 is 0 Å². The van der Waals surface area contributed by atoms with Gasteiger partial charge in [0.2, 0.25) is 5.89 Å². The number of hydrogen-bond donors (Lipinski definition) is 2. The molecular weight excluding hydrogens is 480 g/mol. The lowest BCUT2D eigenvalue weighted by molar-refractivity contribution is 0.447. The zero-order valence-corrected chi connectivity index (χ0v) is 25.9. The van der Waals surface area contributed by atoms with E-state index in [0.29, 0.717) is 11.6 Å². The lowest BCUT2D eigenvalue weighted by Gasteiger charge is -2.28. The number of benzene rings is 3. The van der Waals surface area contributed by atoms with Crippen molar-refractivity contribution in [3.05, 3.63) is 70.8 Å². The van der Waals surface area contributed by atoms with Gasteiger partial charge in [-0.05, 0) is 57.1 Å². The molecule has 4 heteroatoms. The van der Waals surface area contributed by atoms with Gasteiger partial charge in [-0.1, -0.05) is 107 Å². The maximum absolute atomic E-state index is 11.4. The summed E-state index contributed by atoms with van der Waals surface area (Å²) in [5.41, 5.74) is 8.14. The molecule has 0 bridgehead atoms. The normalized spacial score (nSPS) is 13.2. The molecule has 208 valence electrons. The van der Waals surface area contributed by atoms with E-state index in [4.69, 9.17) is 9.40 Å². The van der Waals surface area contributed by atoms with Gasteiger partial charge in [-0.25, -0.2) is 4.98 Å². The minimum absolute atomic E-state index is 0.00682. The number of aromatic hydroxyl groups is 1. The quantitative estimate of drug-likeness (QED) is 0.261. The van der Waals surface area contributed by atoms with Crippen molar-refractivity contribution in [1.29, 1.82) is 0 Å². The van der Waals surface area contributed by atoms with Crippen molar-refractivity contribution in [1.82, 2.24) is 4.98 Å². The van der Waals surface area contributed by atoms with Gasteiger partial charge in [0.25, 0.3) is 0 Å². The number of para-hydroxylation sites is 1. The lowest BCUT2D eigenvalue weighted by atomic mass is 9.79. The van der Waals surface area contributed by atoms with Crippen molar-refractivity contribution in [3.8, 4) is 17.2 Å². The Labute approximate surface area is 234 Å². The number of oxazole rings is 1. The van der Waals surface area contributed by atoms with Gasteiger partial charge < -0.3 is 14.8 Å². The summed E-state index contributed by atoms with van der Waals surface area (Å²) in [4.78, 5) is 5.00. The second-order valence-corrected chi connectivity index (χ2v) is 15.0. The molecule has 0 saturated carbocycles. The van der Waals surface area contributed by atoms with E-state index in [2.05, 4.69) is 113 Å². The number of nitrogens with zero attached hydrogens (tertiary/aromatic N) is 1. The van der Waals surface area contributed by atoms with Crippen LogP contribution in [0.25, 0.3) is 22.6 Å². The number of rotatable bonds is 3. The molecule has 2 N–H and O–H groups in total. The first kappa shape index (κ1) is 28.7. The molecule has 0 fully saturated rings. The van der Waals surface area contributed by atoms with Crippen LogP contribution >= 0.6 is 0 Å². The Hall–Kier alpha value is -3.27. The smallest absolute Gasteiger partial charge is 0.229 e. The second kappa shape index (κ2) is 9.43. The van der Waals surface area contributed by atoms with Crippen LogP contribution in [-0.4, -0.2) is 10.1 Å². The van der Waals surface area contributed by atoms with E-state index >= 15 is 0 Å². The summed E-state index contributed by atoms with van der Waals surface area (Å²) >= 11 is 0. The topological polar surface area (TPSA) is 58.3 Å². The molecule has 0 unspecified atom stereocenters. The van der Waals surface area contributed by atoms with Crippen LogP contribution in [-0.2, 0) is 21.7 Å². The molecule has 4 rings (SSSR count). The molecule has 0 amide bonds. The van der Waals surface area contributed by atoms with E-state index in [1.54, 1.807) is 0 Å². The molecule has 0 saturated heterocycles. The van der Waals surface area contributed by atoms with Crippen molar-refractivity contribution < 1.29 is 9.52 Å². The molecule has 4 aromatic rings. The molecule has 1 heterocycles. The van der Waals surface area contributed by atoms with E-state index in [0.717, 1.165) is 39.0 Å². The zero-order valence-electron chi connectivity index (χ0n) is 25.9. The van der Waals surface area contributed by atoms with Crippen molar-refractivity contribution in [2.24, 2.45) is 0 Å². The molecule has 0 aliphatic heterocycles. The molecule has 0 aliphatic carbocycles. The van der Waals surface area contributed by atoms with Gasteiger partial charge in [0, 0.05) is 11.1 Å². The van der Waals surface area contributed by atoms with Gasteiger partial charge in [-0.3, -0.25) is 0 Å². The Morgan fingerprint density at radius 2 is 1.18 bits per heavy atom. The predicted molar refractivity (Wildman–Crippen MR) is 166 cm³/mol. The summed E-state index contributed by atoms with van der Waals surface area (Å²) in [6.45, 7) is 26.3. The summed E-state index contributed by atoms with van der Waals surface area (Å²) in [6, 6.07) is 16.6. The molecule has 0 atom stereocenters. The summed E-state index contributed by atoms with van der Waals surface area (Å²) in [5.74, 6) is 0.833. The maximum Gasteiger partial charge on any atom is 0.229 e. The minimum atomic E-state index is -0.213. The standard InChI is InChI=1S/C35H46N2O2/c1-32(2,3)21-17-24(34(7,8)9)29(38)27(19-21)36-26-16-14-13-15-23(26)31-37-28-20-22(33(4,5)6)18-25(30(28)39-31)35(10,11)12/h13-20,36,38H,1-12H3. The van der Waals surface area contributed by atoms with Crippen LogP contribution in [0.1, 0.15) is 105 Å². The maximum atomic E-state index is 11.4. The number of nitrogens with one attached hydrogen (secondary N) is 1. The van der Waals surface area contributed by atoms with Crippen LogP contribution in [0.2, 0.25) is 0 Å². The number of hydrogen-bond acceptors (Lipinski definition) is 4. The number of anilines is 2. The SMILES string of the molecule is CC(C)(C)c1cc(Nc2ccccc2-c2nc3cc(C(C)(C)C)cc(C(C)(C)C)c3o2)c(O)c(C(C)(C)C)c1. The average molecular weight is 527 g/mol. The third-order valence-electron chi connectivity index (χ3n) is 7.37. The molecule has 3 aromatic carbocycles. The van der Waals surface area contributed by atoms with E-state index < -0.39 is 0 Å². The third kappa shape index (κ3) is 5.85. The molecule has 4 nitrogen and oxygen atoms in total. The Bertz CT molecular complexity index is 1510. The fraction of sp³-hybridized carbons (Fsp3) is 0.457. The van der Waals surface area contributed by atoms with Gasteiger partial charge in [0.1, 0.15) is 11.3 Å². The number of phenolic OH excluding ortho intramolecular Hbond substituents is 1. The third-order valence-corrected chi connectivity index (χ3v) is 7.37. The van der Waals surface area contributed by atoms with Crippen LogP contribution in [0.15, 0.2) is 52.9 Å². The highest BCUT2D eigenvalue weighted by Gasteiger charge is 2.28. The second-order valence-electron chi connectivity index (χ2n) is 15.0. The van der Waals surface area contributed by atoms with E-state index in [-0.39, 0.29) is 27.4 Å². The van der Waals surface area contributed by atoms with E-state index in [1.807, 2.05) is 24.3 Å². The lowest BCUT2D eigenvalue weighted by Crippen LogP contribution is -2.17. The largest absolute Gasteiger partial charge is 0.505 e. The van der Waals surface area contributed by atoms with Crippen LogP contribution < -0.4 is 5.32 Å². The first-order chi connectivity index (χ1) is 17.8. The highest BCUT2D eigenvalue weighted by Crippen LogP contribution is 2.43. The van der Waals surface area contributed by atoms with Crippen LogP contribution in [0.3, 0.4) is 0 Å². The van der Waals surface area contributed by atoms with Gasteiger partial charge in [0.15, 0.2) is 5.58 Å². The van der Waals surface area contributed by atoms with Gasteiger partial charge in [-0.2, -0.15) is 0 Å². The Balaban J connectivity index is 1.89. The van der Waals surface area contributed by atoms with Crippen molar-refractivity contribution in [2.45, 2.75) is 105 Å². The predicted octanol–water partition coefficient (Wildman–Crippen LogP) is 10.1. The Morgan fingerprint density at radius 3 is 1.74 bits per heavy atom. The average Bonchev–Trinajstić information content (AvgIpc) is 3.21. The van der Waals surface area contributed by atoms with Crippen LogP contribution in [0.4, 0.5) is 11.4 Å². The Morgan fingerprint density at radius 1 is 0.641 bits per heavy atom. The van der Waals surface area contributed by atoms with Crippen molar-refractivity contribution >= 4 is 22.5 Å². The Kier molecular flexibility index (Phi) is 6.95. The highest BCUT2D eigenvalue weighted by molar-refractivity contribution is 5.85. The fourth-order valence-electron chi connectivity index (χ4n) is 4.80. The number of fused-ring (bicyclic) bond motifs is 1. The molecule has 1 aromatic heterocycles. The summed E-state index contributed by atoms with van der Waals surface area (Å²) in [7, 11) is 0. The van der Waals surface area contributed by atoms with E-state index in [9.17, 15) is 5.11 Å².